The van der Waals surface area contributed by atoms with Crippen LogP contribution in [0.15, 0.2) is 18.2 Å². The van der Waals surface area contributed by atoms with Gasteiger partial charge in [-0.05, 0) is 19.9 Å². The maximum Gasteiger partial charge on any atom is 0.339 e. The van der Waals surface area contributed by atoms with Crippen LogP contribution in [0.3, 0.4) is 0 Å². The van der Waals surface area contributed by atoms with Crippen LogP contribution in [0, 0.1) is 0 Å². The van der Waals surface area contributed by atoms with Crippen LogP contribution >= 0.6 is 0 Å². The quantitative estimate of drug-likeness (QED) is 0.0927. The zero-order chi connectivity index (χ0) is 37.7. The van der Waals surface area contributed by atoms with E-state index in [-0.39, 0.29) is 28.0 Å². The molecule has 0 spiro atoms. The number of methoxy groups -OCH3 is 1. The number of fused-ring (bicyclic) bond motifs is 3. The Labute approximate surface area is 288 Å². The number of ether oxygens (including phenoxy) is 3. The molecule has 8 N–H and O–H groups in total. The lowest BCUT2D eigenvalue weighted by atomic mass is 9.72. The fraction of sp³-hybridized carbons (Fsp3) is 0.455. The van der Waals surface area contributed by atoms with E-state index in [1.165, 1.54) is 32.2 Å². The minimum absolute atomic E-state index is 0.0226. The number of aliphatic carboxylic acids is 3. The van der Waals surface area contributed by atoms with Crippen molar-refractivity contribution in [3.05, 3.63) is 51.6 Å². The summed E-state index contributed by atoms with van der Waals surface area (Å²) in [4.78, 5) is 80.3. The summed E-state index contributed by atoms with van der Waals surface area (Å²) in [6, 6.07) is 2.92. The standard InChI is InChI=1S/C33H35NO17/c1-12-26(40)16(34-51-33(31(45)46,10-19(36)37)11-20(38)39)7-21(49-12)50-18-9-32(47,13(2)35)8-15-23(18)30(44)25-24(28(15)42)27(41)14-5-4-6-17(48-3)22(14)29(25)43/h4-6,12,16,18,21,26,34,40,42,44,47H,7-11H2,1-3H3,(H,36,37)(H,38,39)(H,45,46)/t12?,16?,18-,21?,26?,32-/m0/s1. The van der Waals surface area contributed by atoms with E-state index in [1.54, 1.807) is 0 Å². The van der Waals surface area contributed by atoms with E-state index in [0.29, 0.717) is 0 Å². The molecule has 3 aliphatic rings. The van der Waals surface area contributed by atoms with Crippen LogP contribution in [0.25, 0.3) is 0 Å². The summed E-state index contributed by atoms with van der Waals surface area (Å²) in [6.07, 6.45) is -9.63. The summed E-state index contributed by atoms with van der Waals surface area (Å²) in [6.45, 7) is 2.45. The number of hydroxylamine groups is 1. The molecule has 0 aromatic heterocycles. The van der Waals surface area contributed by atoms with Gasteiger partial charge in [0, 0.05) is 36.0 Å². The van der Waals surface area contributed by atoms with Gasteiger partial charge in [-0.1, -0.05) is 12.1 Å². The Hall–Kier alpha value is -4.98. The molecule has 18 nitrogen and oxygen atoms in total. The number of carboxylic acid groups (broad SMARTS) is 3. The highest BCUT2D eigenvalue weighted by Gasteiger charge is 2.51. The number of rotatable bonds is 12. The number of hydrogen-bond acceptors (Lipinski definition) is 15. The molecule has 2 aromatic rings. The van der Waals surface area contributed by atoms with Crippen LogP contribution in [0.4, 0.5) is 0 Å². The van der Waals surface area contributed by atoms with Crippen molar-refractivity contribution in [2.75, 3.05) is 7.11 Å². The third kappa shape index (κ3) is 6.52. The number of aliphatic hydroxyl groups excluding tert-OH is 1. The molecular weight excluding hydrogens is 682 g/mol. The van der Waals surface area contributed by atoms with E-state index < -0.39 is 132 Å². The molecule has 5 rings (SSSR count). The second-order valence-corrected chi connectivity index (χ2v) is 12.7. The third-order valence-electron chi connectivity index (χ3n) is 9.42. The van der Waals surface area contributed by atoms with E-state index in [9.17, 15) is 64.5 Å². The van der Waals surface area contributed by atoms with Gasteiger partial charge < -0.3 is 50.0 Å². The molecule has 4 unspecified atom stereocenters. The van der Waals surface area contributed by atoms with Gasteiger partial charge in [0.05, 0.1) is 61.0 Å². The highest BCUT2D eigenvalue weighted by molar-refractivity contribution is 6.31. The molecule has 51 heavy (non-hydrogen) atoms. The van der Waals surface area contributed by atoms with E-state index in [0.717, 1.165) is 6.92 Å². The first kappa shape index (κ1) is 37.3. The van der Waals surface area contributed by atoms with Crippen LogP contribution in [-0.2, 0) is 39.9 Å². The number of hydrogen-bond donors (Lipinski definition) is 8. The number of benzene rings is 2. The second-order valence-electron chi connectivity index (χ2n) is 12.7. The Morgan fingerprint density at radius 1 is 1.00 bits per heavy atom. The monoisotopic (exact) mass is 717 g/mol. The average molecular weight is 718 g/mol. The van der Waals surface area contributed by atoms with Crippen molar-refractivity contribution in [1.29, 1.82) is 0 Å². The molecular formula is C33H35NO17. The van der Waals surface area contributed by atoms with Gasteiger partial charge in [-0.25, -0.2) is 4.79 Å². The summed E-state index contributed by atoms with van der Waals surface area (Å²) < 4.78 is 17.2. The molecule has 1 saturated heterocycles. The molecule has 0 saturated carbocycles. The molecule has 0 bridgehead atoms. The van der Waals surface area contributed by atoms with E-state index in [2.05, 4.69) is 5.48 Å². The molecule has 0 amide bonds. The number of nitrogens with one attached hydrogen (secondary N) is 1. The largest absolute Gasteiger partial charge is 0.507 e. The van der Waals surface area contributed by atoms with Crippen LogP contribution in [-0.4, -0.2) is 114 Å². The summed E-state index contributed by atoms with van der Waals surface area (Å²) in [5, 5.41) is 73.7. The molecule has 274 valence electrons. The number of phenols is 2. The smallest absolute Gasteiger partial charge is 0.339 e. The van der Waals surface area contributed by atoms with Crippen LogP contribution < -0.4 is 10.2 Å². The van der Waals surface area contributed by atoms with Gasteiger partial charge in [-0.3, -0.25) is 28.8 Å². The van der Waals surface area contributed by atoms with Crippen molar-refractivity contribution in [2.45, 2.75) is 87.8 Å². The van der Waals surface area contributed by atoms with E-state index in [1.807, 2.05) is 0 Å². The predicted octanol–water partition coefficient (Wildman–Crippen LogP) is 0.364. The summed E-state index contributed by atoms with van der Waals surface area (Å²) >= 11 is 0. The number of ketones is 3. The van der Waals surface area contributed by atoms with Crippen molar-refractivity contribution < 1.29 is 83.6 Å². The van der Waals surface area contributed by atoms with Gasteiger partial charge in [0.1, 0.15) is 22.8 Å². The van der Waals surface area contributed by atoms with Crippen LogP contribution in [0.5, 0.6) is 17.2 Å². The van der Waals surface area contributed by atoms with Gasteiger partial charge >= 0.3 is 17.9 Å². The molecule has 1 heterocycles. The summed E-state index contributed by atoms with van der Waals surface area (Å²) in [7, 11) is 1.27. The molecule has 0 radical (unpaired) electrons. The van der Waals surface area contributed by atoms with Crippen molar-refractivity contribution in [3.63, 3.8) is 0 Å². The molecule has 2 aromatic carbocycles. The van der Waals surface area contributed by atoms with E-state index in [4.69, 9.17) is 19.0 Å². The van der Waals surface area contributed by atoms with Crippen LogP contribution in [0.2, 0.25) is 0 Å². The van der Waals surface area contributed by atoms with E-state index >= 15 is 0 Å². The second kappa shape index (κ2) is 13.6. The summed E-state index contributed by atoms with van der Waals surface area (Å²) in [5.74, 6) is -9.30. The highest BCUT2D eigenvalue weighted by atomic mass is 16.7. The third-order valence-corrected chi connectivity index (χ3v) is 9.42. The van der Waals surface area contributed by atoms with Crippen molar-refractivity contribution in [1.82, 2.24) is 5.48 Å². The number of phenolic OH excluding ortho intramolecular Hbond substituents is 2. The number of aromatic hydroxyl groups is 2. The molecule has 2 aliphatic carbocycles. The fourth-order valence-electron chi connectivity index (χ4n) is 6.75. The van der Waals surface area contributed by atoms with Crippen molar-refractivity contribution in [2.24, 2.45) is 0 Å². The Kier molecular flexibility index (Phi) is 9.96. The number of carbonyl (C=O) groups is 6. The Morgan fingerprint density at radius 3 is 2.20 bits per heavy atom. The lowest BCUT2D eigenvalue weighted by molar-refractivity contribution is -0.263. The van der Waals surface area contributed by atoms with Gasteiger partial charge in [0.2, 0.25) is 11.4 Å². The van der Waals surface area contributed by atoms with Crippen LogP contribution in [0.1, 0.15) is 88.6 Å². The lowest BCUT2D eigenvalue weighted by Gasteiger charge is -2.43. The normalized spacial score (nSPS) is 25.7. The zero-order valence-electron chi connectivity index (χ0n) is 27.4. The minimum atomic E-state index is -2.80. The highest BCUT2D eigenvalue weighted by Crippen LogP contribution is 2.52. The average Bonchev–Trinajstić information content (AvgIpc) is 3.04. The maximum absolute atomic E-state index is 13.8. The number of carboxylic acids is 3. The first-order valence-electron chi connectivity index (χ1n) is 15.6. The van der Waals surface area contributed by atoms with Crippen molar-refractivity contribution in [3.8, 4) is 17.2 Å². The Morgan fingerprint density at radius 2 is 1.63 bits per heavy atom. The first-order valence-corrected chi connectivity index (χ1v) is 15.6. The van der Waals surface area contributed by atoms with Gasteiger partial charge in [0.15, 0.2) is 17.9 Å². The Balaban J connectivity index is 1.53. The Bertz CT molecular complexity index is 1820. The number of carbonyl (C=O) groups excluding carboxylic acids is 3. The molecule has 6 atom stereocenters. The zero-order valence-corrected chi connectivity index (χ0v) is 27.4. The molecule has 1 aliphatic heterocycles. The fourth-order valence-corrected chi connectivity index (χ4v) is 6.75. The maximum atomic E-state index is 13.8. The first-order chi connectivity index (χ1) is 23.9. The number of Topliss-reactive ketones (excluding diaryl/α,β-unsaturated/α-hetero) is 1. The predicted molar refractivity (Wildman–Crippen MR) is 165 cm³/mol. The van der Waals surface area contributed by atoms with Gasteiger partial charge in [-0.15, -0.1) is 0 Å². The lowest BCUT2D eigenvalue weighted by Crippen LogP contribution is -2.58. The van der Waals surface area contributed by atoms with Gasteiger partial charge in [-0.2, -0.15) is 5.48 Å². The SMILES string of the molecule is COc1cccc2c1C(=O)c1c(O)c3c(c(O)c1C2=O)C[C@@](O)(C(C)=O)C[C@@H]3OC1CC(NOC(CC(=O)O)(CC(=O)O)C(=O)O)C(O)C(C)O1. The van der Waals surface area contributed by atoms with Crippen molar-refractivity contribution >= 4 is 35.3 Å². The van der Waals surface area contributed by atoms with Gasteiger partial charge in [0.25, 0.3) is 0 Å². The summed E-state index contributed by atoms with van der Waals surface area (Å²) in [5.41, 5.74) is -4.69. The molecule has 18 heteroatoms. The topological polar surface area (TPSA) is 293 Å². The molecule has 1 fully saturated rings. The minimum Gasteiger partial charge on any atom is -0.507 e. The number of aliphatic hydroxyl groups is 2.